The molecule has 176 valence electrons. The molecule has 4 rings (SSSR count). The van der Waals surface area contributed by atoms with Crippen molar-refractivity contribution in [1.82, 2.24) is 5.32 Å². The van der Waals surface area contributed by atoms with E-state index in [1.54, 1.807) is 43.5 Å². The first-order valence-electron chi connectivity index (χ1n) is 10.5. The van der Waals surface area contributed by atoms with Gasteiger partial charge < -0.3 is 10.1 Å². The van der Waals surface area contributed by atoms with Crippen LogP contribution in [0.2, 0.25) is 0 Å². The Hall–Kier alpha value is -3.23. The fourth-order valence-electron chi connectivity index (χ4n) is 3.73. The van der Waals surface area contributed by atoms with Crippen molar-refractivity contribution in [1.29, 1.82) is 0 Å². The van der Waals surface area contributed by atoms with E-state index in [1.165, 1.54) is 23.5 Å². The Morgan fingerprint density at radius 3 is 2.59 bits per heavy atom. The van der Waals surface area contributed by atoms with Crippen molar-refractivity contribution in [3.63, 3.8) is 0 Å². The van der Waals surface area contributed by atoms with Gasteiger partial charge in [0.1, 0.15) is 5.82 Å². The Bertz CT molecular complexity index is 1330. The zero-order valence-corrected chi connectivity index (χ0v) is 19.0. The number of ether oxygens (including phenoxy) is 1. The van der Waals surface area contributed by atoms with Gasteiger partial charge in [0.2, 0.25) is 0 Å². The minimum Gasteiger partial charge on any atom is -0.383 e. The Morgan fingerprint density at radius 1 is 1.03 bits per heavy atom. The zero-order valence-electron chi connectivity index (χ0n) is 18.2. The molecule has 0 unspecified atom stereocenters. The third-order valence-corrected chi connectivity index (χ3v) is 6.49. The van der Waals surface area contributed by atoms with Crippen LogP contribution in [0, 0.1) is 5.82 Å². The fraction of sp³-hybridized carbons (Fsp3) is 0.192. The van der Waals surface area contributed by atoms with Gasteiger partial charge in [-0.15, -0.1) is 11.3 Å². The maximum atomic E-state index is 15.0. The molecule has 4 aromatic rings. The lowest BCUT2D eigenvalue weighted by molar-refractivity contribution is -0.137. The molecule has 8 heteroatoms. The van der Waals surface area contributed by atoms with E-state index in [0.29, 0.717) is 46.5 Å². The van der Waals surface area contributed by atoms with Crippen LogP contribution in [-0.4, -0.2) is 26.2 Å². The quantitative estimate of drug-likeness (QED) is 0.233. The van der Waals surface area contributed by atoms with E-state index in [2.05, 4.69) is 5.32 Å². The van der Waals surface area contributed by atoms with Gasteiger partial charge in [-0.05, 0) is 46.8 Å². The number of carbonyl (C=O) groups excluding carboxylic acids is 1. The molecule has 0 atom stereocenters. The highest BCUT2D eigenvalue weighted by Crippen LogP contribution is 2.38. The molecule has 0 saturated heterocycles. The lowest BCUT2D eigenvalue weighted by atomic mass is 10.0. The van der Waals surface area contributed by atoms with E-state index >= 15 is 0 Å². The van der Waals surface area contributed by atoms with Crippen molar-refractivity contribution in [3.8, 4) is 11.1 Å². The second-order valence-electron chi connectivity index (χ2n) is 7.76. The summed E-state index contributed by atoms with van der Waals surface area (Å²) in [6, 6.07) is 16.8. The average molecular weight is 488 g/mol. The Labute approximate surface area is 198 Å². The first-order chi connectivity index (χ1) is 16.3. The van der Waals surface area contributed by atoms with Gasteiger partial charge >= 0.3 is 6.18 Å². The summed E-state index contributed by atoms with van der Waals surface area (Å²) < 4.78 is 59.8. The summed E-state index contributed by atoms with van der Waals surface area (Å²) >= 11 is 1.33. The first-order valence-corrected chi connectivity index (χ1v) is 11.3. The summed E-state index contributed by atoms with van der Waals surface area (Å²) in [6.45, 7) is 0.733. The van der Waals surface area contributed by atoms with Crippen LogP contribution in [0.5, 0.6) is 0 Å². The SMILES string of the molecule is COCCNC(=O)c1cccc(-c2c(F)ccc3cc(Cc4cccc(C(F)(F)F)c4)sc23)c1. The molecule has 0 saturated carbocycles. The molecule has 0 spiro atoms. The molecule has 1 heterocycles. The van der Waals surface area contributed by atoms with E-state index in [-0.39, 0.29) is 5.91 Å². The molecule has 3 nitrogen and oxygen atoms in total. The summed E-state index contributed by atoms with van der Waals surface area (Å²) in [7, 11) is 1.54. The van der Waals surface area contributed by atoms with E-state index < -0.39 is 17.6 Å². The third-order valence-electron chi connectivity index (χ3n) is 5.32. The maximum Gasteiger partial charge on any atom is 0.416 e. The van der Waals surface area contributed by atoms with Gasteiger partial charge in [0.05, 0.1) is 12.2 Å². The predicted octanol–water partition coefficient (Wildman–Crippen LogP) is 6.69. The fourth-order valence-corrected chi connectivity index (χ4v) is 4.98. The largest absolute Gasteiger partial charge is 0.416 e. The predicted molar refractivity (Wildman–Crippen MR) is 126 cm³/mol. The number of benzene rings is 3. The van der Waals surface area contributed by atoms with Crippen molar-refractivity contribution in [3.05, 3.63) is 94.1 Å². The van der Waals surface area contributed by atoms with Crippen molar-refractivity contribution < 1.29 is 27.1 Å². The van der Waals surface area contributed by atoms with Crippen molar-refractivity contribution >= 4 is 27.3 Å². The van der Waals surface area contributed by atoms with Crippen LogP contribution in [0.1, 0.15) is 26.4 Å². The number of hydrogen-bond acceptors (Lipinski definition) is 3. The second-order valence-corrected chi connectivity index (χ2v) is 8.89. The number of methoxy groups -OCH3 is 1. The van der Waals surface area contributed by atoms with Gasteiger partial charge in [-0.2, -0.15) is 13.2 Å². The molecular weight excluding hydrogens is 466 g/mol. The van der Waals surface area contributed by atoms with Crippen LogP contribution in [0.15, 0.2) is 66.7 Å². The number of fused-ring (bicyclic) bond motifs is 1. The van der Waals surface area contributed by atoms with E-state index in [0.717, 1.165) is 22.4 Å². The van der Waals surface area contributed by atoms with Gasteiger partial charge in [0.25, 0.3) is 5.91 Å². The standard InChI is InChI=1S/C26H21F4NO2S/c1-33-11-10-31-25(32)19-6-3-5-17(14-19)23-22(27)9-8-18-15-21(34-24(18)23)13-16-4-2-7-20(12-16)26(28,29)30/h2-9,12,14-15H,10-11,13H2,1H3,(H,31,32). The average Bonchev–Trinajstić information content (AvgIpc) is 3.21. The molecule has 34 heavy (non-hydrogen) atoms. The molecule has 0 aliphatic rings. The summed E-state index contributed by atoms with van der Waals surface area (Å²) in [5.41, 5.74) is 1.14. The number of hydrogen-bond donors (Lipinski definition) is 1. The maximum absolute atomic E-state index is 15.0. The van der Waals surface area contributed by atoms with Gasteiger partial charge in [0.15, 0.2) is 0 Å². The lowest BCUT2D eigenvalue weighted by Crippen LogP contribution is -2.26. The number of nitrogens with one attached hydrogen (secondary N) is 1. The molecule has 0 bridgehead atoms. The van der Waals surface area contributed by atoms with Crippen LogP contribution < -0.4 is 5.32 Å². The summed E-state index contributed by atoms with van der Waals surface area (Å²) in [4.78, 5) is 13.2. The molecule has 1 amide bonds. The molecular formula is C26H21F4NO2S. The second kappa shape index (κ2) is 9.95. The molecule has 0 radical (unpaired) electrons. The highest BCUT2D eigenvalue weighted by molar-refractivity contribution is 7.19. The molecule has 1 aromatic heterocycles. The van der Waals surface area contributed by atoms with E-state index in [4.69, 9.17) is 4.74 Å². The Morgan fingerprint density at radius 2 is 1.82 bits per heavy atom. The van der Waals surface area contributed by atoms with Gasteiger partial charge in [-0.25, -0.2) is 4.39 Å². The van der Waals surface area contributed by atoms with Crippen molar-refractivity contribution in [2.45, 2.75) is 12.6 Å². The van der Waals surface area contributed by atoms with Crippen LogP contribution in [-0.2, 0) is 17.3 Å². The smallest absolute Gasteiger partial charge is 0.383 e. The topological polar surface area (TPSA) is 38.3 Å². The molecule has 0 aliphatic carbocycles. The summed E-state index contributed by atoms with van der Waals surface area (Å²) in [6.07, 6.45) is -4.11. The van der Waals surface area contributed by atoms with Gasteiger partial charge in [-0.1, -0.05) is 36.4 Å². The van der Waals surface area contributed by atoms with Gasteiger partial charge in [0, 0.05) is 40.8 Å². The van der Waals surface area contributed by atoms with Gasteiger partial charge in [-0.3, -0.25) is 4.79 Å². The first kappa shape index (κ1) is 23.9. The minimum atomic E-state index is -4.41. The van der Waals surface area contributed by atoms with Crippen LogP contribution in [0.3, 0.4) is 0 Å². The van der Waals surface area contributed by atoms with E-state index in [1.807, 2.05) is 6.07 Å². The lowest BCUT2D eigenvalue weighted by Gasteiger charge is -2.09. The van der Waals surface area contributed by atoms with Crippen LogP contribution >= 0.6 is 11.3 Å². The summed E-state index contributed by atoms with van der Waals surface area (Å²) in [5, 5.41) is 3.53. The molecule has 1 N–H and O–H groups in total. The molecule has 3 aromatic carbocycles. The highest BCUT2D eigenvalue weighted by atomic mass is 32.1. The number of amides is 1. The molecule has 0 aliphatic heterocycles. The van der Waals surface area contributed by atoms with Crippen LogP contribution in [0.4, 0.5) is 17.6 Å². The molecule has 0 fully saturated rings. The number of carbonyl (C=O) groups is 1. The third kappa shape index (κ3) is 5.29. The number of alkyl halides is 3. The number of halogens is 4. The normalized spacial score (nSPS) is 11.7. The number of rotatable bonds is 7. The zero-order chi connectivity index (χ0) is 24.3. The van der Waals surface area contributed by atoms with Crippen molar-refractivity contribution in [2.75, 3.05) is 20.3 Å². The Balaban J connectivity index is 1.67. The monoisotopic (exact) mass is 487 g/mol. The summed E-state index contributed by atoms with van der Waals surface area (Å²) in [5.74, 6) is -0.722. The Kier molecular flexibility index (Phi) is 7.00. The van der Waals surface area contributed by atoms with Crippen LogP contribution in [0.25, 0.3) is 21.2 Å². The minimum absolute atomic E-state index is 0.289. The highest BCUT2D eigenvalue weighted by Gasteiger charge is 2.30. The van der Waals surface area contributed by atoms with E-state index in [9.17, 15) is 22.4 Å². The van der Waals surface area contributed by atoms with Crippen molar-refractivity contribution in [2.24, 2.45) is 0 Å². The number of thiophene rings is 1.